The lowest BCUT2D eigenvalue weighted by atomic mass is 10.7. The van der Waals surface area contributed by atoms with Crippen molar-refractivity contribution in [2.24, 2.45) is 0 Å². The van der Waals surface area contributed by atoms with E-state index in [9.17, 15) is 0 Å². The number of hydrogen-bond donors (Lipinski definition) is 0. The summed E-state index contributed by atoms with van der Waals surface area (Å²) in [6.45, 7) is 0. The SMILES string of the molecule is COc1ncc(Br)c(I)n1. The molecule has 5 heteroatoms. The van der Waals surface area contributed by atoms with E-state index in [1.165, 1.54) is 0 Å². The number of rotatable bonds is 1. The third kappa shape index (κ3) is 1.79. The number of nitrogens with zero attached hydrogens (tertiary/aromatic N) is 2. The first-order valence-electron chi connectivity index (χ1n) is 2.46. The Morgan fingerprint density at radius 1 is 1.70 bits per heavy atom. The highest BCUT2D eigenvalue weighted by Crippen LogP contribution is 2.16. The van der Waals surface area contributed by atoms with Crippen LogP contribution < -0.4 is 4.74 Å². The summed E-state index contributed by atoms with van der Waals surface area (Å²) < 4.78 is 6.54. The van der Waals surface area contributed by atoms with Crippen LogP contribution in [0.15, 0.2) is 10.7 Å². The van der Waals surface area contributed by atoms with Gasteiger partial charge in [-0.05, 0) is 38.5 Å². The summed E-state index contributed by atoms with van der Waals surface area (Å²) in [6, 6.07) is 0.396. The first-order chi connectivity index (χ1) is 4.74. The zero-order chi connectivity index (χ0) is 7.56. The molecule has 10 heavy (non-hydrogen) atoms. The highest BCUT2D eigenvalue weighted by molar-refractivity contribution is 14.1. The largest absolute Gasteiger partial charge is 0.467 e. The van der Waals surface area contributed by atoms with E-state index in [2.05, 4.69) is 48.5 Å². The molecule has 0 atom stereocenters. The monoisotopic (exact) mass is 314 g/mol. The van der Waals surface area contributed by atoms with Gasteiger partial charge in [0, 0.05) is 6.20 Å². The van der Waals surface area contributed by atoms with Crippen molar-refractivity contribution in [2.75, 3.05) is 7.11 Å². The summed E-state index contributed by atoms with van der Waals surface area (Å²) in [6.07, 6.45) is 1.66. The maximum absolute atomic E-state index is 4.80. The quantitative estimate of drug-likeness (QED) is 0.586. The molecule has 1 rings (SSSR count). The van der Waals surface area contributed by atoms with Crippen LogP contribution in [0.4, 0.5) is 0 Å². The summed E-state index contributed by atoms with van der Waals surface area (Å²) >= 11 is 5.37. The van der Waals surface area contributed by atoms with Crippen LogP contribution in [0.1, 0.15) is 0 Å². The summed E-state index contributed by atoms with van der Waals surface area (Å²) in [7, 11) is 1.54. The van der Waals surface area contributed by atoms with Crippen molar-refractivity contribution in [2.45, 2.75) is 0 Å². The third-order valence-electron chi connectivity index (χ3n) is 0.862. The molecule has 3 nitrogen and oxygen atoms in total. The molecule has 54 valence electrons. The Morgan fingerprint density at radius 2 is 2.40 bits per heavy atom. The lowest BCUT2D eigenvalue weighted by Crippen LogP contribution is -1.93. The molecule has 0 aliphatic carbocycles. The van der Waals surface area contributed by atoms with E-state index < -0.39 is 0 Å². The van der Waals surface area contributed by atoms with Gasteiger partial charge in [0.1, 0.15) is 3.70 Å². The van der Waals surface area contributed by atoms with Gasteiger partial charge in [0.2, 0.25) is 0 Å². The standard InChI is InChI=1S/C5H4BrIN2O/c1-10-5-8-2-3(6)4(7)9-5/h2H,1H3. The summed E-state index contributed by atoms with van der Waals surface area (Å²) in [4.78, 5) is 7.87. The minimum atomic E-state index is 0.396. The Morgan fingerprint density at radius 3 is 2.90 bits per heavy atom. The van der Waals surface area contributed by atoms with E-state index in [1.54, 1.807) is 13.3 Å². The lowest BCUT2D eigenvalue weighted by molar-refractivity contribution is 0.378. The van der Waals surface area contributed by atoms with Crippen LogP contribution in [0.5, 0.6) is 6.01 Å². The molecule has 0 fully saturated rings. The highest BCUT2D eigenvalue weighted by atomic mass is 127. The molecule has 0 N–H and O–H groups in total. The fourth-order valence-corrected chi connectivity index (χ4v) is 0.966. The smallest absolute Gasteiger partial charge is 0.317 e. The molecule has 0 radical (unpaired) electrons. The fourth-order valence-electron chi connectivity index (χ4n) is 0.430. The van der Waals surface area contributed by atoms with Gasteiger partial charge in [0.25, 0.3) is 0 Å². The molecule has 0 spiro atoms. The van der Waals surface area contributed by atoms with Crippen molar-refractivity contribution in [3.8, 4) is 6.01 Å². The highest BCUT2D eigenvalue weighted by Gasteiger charge is 1.99. The van der Waals surface area contributed by atoms with Gasteiger partial charge in [-0.1, -0.05) is 0 Å². The van der Waals surface area contributed by atoms with E-state index in [-0.39, 0.29) is 0 Å². The Bertz CT molecular complexity index is 243. The van der Waals surface area contributed by atoms with Crippen molar-refractivity contribution < 1.29 is 4.74 Å². The predicted octanol–water partition coefficient (Wildman–Crippen LogP) is 1.85. The second-order valence-corrected chi connectivity index (χ2v) is 3.37. The van der Waals surface area contributed by atoms with Crippen molar-refractivity contribution in [3.63, 3.8) is 0 Å². The van der Waals surface area contributed by atoms with E-state index >= 15 is 0 Å². The van der Waals surface area contributed by atoms with Crippen LogP contribution >= 0.6 is 38.5 Å². The first kappa shape index (κ1) is 8.19. The van der Waals surface area contributed by atoms with Crippen molar-refractivity contribution in [1.29, 1.82) is 0 Å². The van der Waals surface area contributed by atoms with Crippen LogP contribution in [0.2, 0.25) is 0 Å². The summed E-state index contributed by atoms with van der Waals surface area (Å²) in [5.41, 5.74) is 0. The van der Waals surface area contributed by atoms with Crippen LogP contribution in [0.3, 0.4) is 0 Å². The van der Waals surface area contributed by atoms with Gasteiger partial charge in [0.15, 0.2) is 0 Å². The van der Waals surface area contributed by atoms with E-state index in [4.69, 9.17) is 4.74 Å². The zero-order valence-corrected chi connectivity index (χ0v) is 8.88. The summed E-state index contributed by atoms with van der Waals surface area (Å²) in [5.74, 6) is 0. The van der Waals surface area contributed by atoms with Crippen LogP contribution in [0, 0.1) is 3.70 Å². The topological polar surface area (TPSA) is 35.0 Å². The lowest BCUT2D eigenvalue weighted by Gasteiger charge is -1.97. The molecule has 0 aliphatic heterocycles. The van der Waals surface area contributed by atoms with Crippen LogP contribution in [-0.4, -0.2) is 17.1 Å². The van der Waals surface area contributed by atoms with Crippen LogP contribution in [0.25, 0.3) is 0 Å². The summed E-state index contributed by atoms with van der Waals surface area (Å²) in [5, 5.41) is 0. The first-order valence-corrected chi connectivity index (χ1v) is 4.33. The molecule has 1 heterocycles. The van der Waals surface area contributed by atoms with Gasteiger partial charge in [0.05, 0.1) is 11.6 Å². The Kier molecular flexibility index (Phi) is 2.84. The van der Waals surface area contributed by atoms with Gasteiger partial charge in [-0.3, -0.25) is 0 Å². The molecule has 0 unspecified atom stereocenters. The van der Waals surface area contributed by atoms with E-state index in [1.807, 2.05) is 0 Å². The Balaban J connectivity index is 3.04. The molecule has 0 aromatic carbocycles. The second-order valence-electron chi connectivity index (χ2n) is 1.50. The molecule has 0 saturated heterocycles. The predicted molar refractivity (Wildman–Crippen MR) is 49.0 cm³/mol. The number of hydrogen-bond acceptors (Lipinski definition) is 3. The van der Waals surface area contributed by atoms with E-state index in [0.717, 1.165) is 8.17 Å². The normalized spacial score (nSPS) is 9.50. The van der Waals surface area contributed by atoms with Gasteiger partial charge < -0.3 is 4.74 Å². The molecule has 0 bridgehead atoms. The maximum atomic E-state index is 4.80. The van der Waals surface area contributed by atoms with Gasteiger partial charge in [-0.2, -0.15) is 4.98 Å². The fraction of sp³-hybridized carbons (Fsp3) is 0.200. The zero-order valence-electron chi connectivity index (χ0n) is 5.14. The molecule has 0 amide bonds. The maximum Gasteiger partial charge on any atom is 0.317 e. The van der Waals surface area contributed by atoms with Crippen molar-refractivity contribution in [3.05, 3.63) is 14.4 Å². The van der Waals surface area contributed by atoms with Crippen LogP contribution in [-0.2, 0) is 0 Å². The number of halogens is 2. The van der Waals surface area contributed by atoms with Crippen molar-refractivity contribution >= 4 is 38.5 Å². The van der Waals surface area contributed by atoms with Crippen molar-refractivity contribution in [1.82, 2.24) is 9.97 Å². The minimum Gasteiger partial charge on any atom is -0.467 e. The minimum absolute atomic E-state index is 0.396. The van der Waals surface area contributed by atoms with Gasteiger partial charge >= 0.3 is 6.01 Å². The Hall–Kier alpha value is 0.0900. The van der Waals surface area contributed by atoms with Gasteiger partial charge in [-0.15, -0.1) is 0 Å². The molecule has 0 saturated carbocycles. The molecular formula is C5H4BrIN2O. The third-order valence-corrected chi connectivity index (χ3v) is 3.01. The average Bonchev–Trinajstić information content (AvgIpc) is 1.95. The molecule has 0 aliphatic rings. The number of aromatic nitrogens is 2. The Labute approximate surface area is 80.5 Å². The average molecular weight is 315 g/mol. The van der Waals surface area contributed by atoms with E-state index in [0.29, 0.717) is 6.01 Å². The second kappa shape index (κ2) is 3.47. The molecule has 1 aromatic heterocycles. The van der Waals surface area contributed by atoms with Gasteiger partial charge in [-0.25, -0.2) is 4.98 Å². The number of methoxy groups -OCH3 is 1. The molecule has 1 aromatic rings. The molecular weight excluding hydrogens is 311 g/mol. The number of ether oxygens (including phenoxy) is 1.